The second kappa shape index (κ2) is 9.93. The van der Waals surface area contributed by atoms with E-state index in [4.69, 9.17) is 4.74 Å². The third kappa shape index (κ3) is 4.55. The van der Waals surface area contributed by atoms with E-state index in [0.717, 1.165) is 33.3 Å². The third-order valence-corrected chi connectivity index (χ3v) is 5.49. The Balaban J connectivity index is 0.00000274. The Morgan fingerprint density at radius 3 is 2.56 bits per heavy atom. The van der Waals surface area contributed by atoms with E-state index in [0.29, 0.717) is 30.4 Å². The molecule has 0 radical (unpaired) electrons. The fourth-order valence-electron chi connectivity index (χ4n) is 3.95. The number of carboxylic acids is 1. The molecule has 0 saturated carbocycles. The average molecular weight is 460 g/mol. The molecule has 5 rings (SSSR count). The van der Waals surface area contributed by atoms with Crippen LogP contribution in [0.2, 0.25) is 0 Å². The molecule has 0 atom stereocenters. The summed E-state index contributed by atoms with van der Waals surface area (Å²) >= 11 is 0. The van der Waals surface area contributed by atoms with Crippen LogP contribution in [0.1, 0.15) is 28.5 Å². The van der Waals surface area contributed by atoms with Gasteiger partial charge in [0.25, 0.3) is 6.01 Å². The van der Waals surface area contributed by atoms with Gasteiger partial charge in [-0.1, -0.05) is 36.4 Å². The van der Waals surface area contributed by atoms with Gasteiger partial charge >= 0.3 is 29.6 Å². The zero-order chi connectivity index (χ0) is 22.9. The first-order chi connectivity index (χ1) is 16.0. The van der Waals surface area contributed by atoms with Gasteiger partial charge in [0, 0.05) is 22.2 Å². The molecule has 7 nitrogen and oxygen atoms in total. The molecule has 3 heterocycles. The normalized spacial score (nSPS) is 10.9. The number of rotatable bonds is 6. The number of carbonyl (C=O) groups is 1. The molecule has 3 aromatic heterocycles. The molecule has 0 unspecified atom stereocenters. The maximum atomic E-state index is 11.5. The molecule has 34 heavy (non-hydrogen) atoms. The van der Waals surface area contributed by atoms with Crippen molar-refractivity contribution in [2.45, 2.75) is 20.4 Å². The molecule has 0 aliphatic carbocycles. The first-order valence-corrected chi connectivity index (χ1v) is 10.7. The van der Waals surface area contributed by atoms with E-state index in [9.17, 15) is 9.90 Å². The maximum absolute atomic E-state index is 11.5. The van der Waals surface area contributed by atoms with E-state index >= 15 is 0 Å². The molecule has 164 valence electrons. The number of fused-ring (bicyclic) bond motifs is 2. The van der Waals surface area contributed by atoms with Crippen LogP contribution < -0.4 is 39.4 Å². The second-order valence-electron chi connectivity index (χ2n) is 7.77. The zero-order valence-corrected chi connectivity index (χ0v) is 21.3. The number of aromatic nitrogens is 4. The summed E-state index contributed by atoms with van der Waals surface area (Å²) in [7, 11) is 0. The Morgan fingerprint density at radius 2 is 1.76 bits per heavy atom. The molecule has 0 aliphatic rings. The van der Waals surface area contributed by atoms with Crippen LogP contribution in [-0.4, -0.2) is 32.1 Å². The quantitative estimate of drug-likeness (QED) is 0.348. The number of benzene rings is 2. The summed E-state index contributed by atoms with van der Waals surface area (Å²) in [5.74, 6) is -1.22. The van der Waals surface area contributed by atoms with Gasteiger partial charge in [0.15, 0.2) is 5.65 Å². The molecular weight excluding hydrogens is 439 g/mol. The van der Waals surface area contributed by atoms with E-state index in [2.05, 4.69) is 21.0 Å². The van der Waals surface area contributed by atoms with Crippen LogP contribution in [0.15, 0.2) is 66.7 Å². The van der Waals surface area contributed by atoms with Crippen molar-refractivity contribution in [3.05, 3.63) is 83.6 Å². The van der Waals surface area contributed by atoms with Crippen molar-refractivity contribution in [3.63, 3.8) is 0 Å². The van der Waals surface area contributed by atoms with Crippen LogP contribution in [0.4, 0.5) is 0 Å². The van der Waals surface area contributed by atoms with Crippen molar-refractivity contribution in [2.24, 2.45) is 0 Å². The third-order valence-electron chi connectivity index (χ3n) is 5.49. The zero-order valence-electron chi connectivity index (χ0n) is 19.3. The van der Waals surface area contributed by atoms with Crippen molar-refractivity contribution in [2.75, 3.05) is 6.61 Å². The summed E-state index contributed by atoms with van der Waals surface area (Å²) in [6.45, 7) is 4.95. The van der Waals surface area contributed by atoms with Gasteiger partial charge in [-0.05, 0) is 49.7 Å². The smallest absolute Gasteiger partial charge is 0.545 e. The Bertz CT molecular complexity index is 1510. The van der Waals surface area contributed by atoms with Crippen molar-refractivity contribution >= 4 is 28.0 Å². The van der Waals surface area contributed by atoms with Crippen LogP contribution in [0.5, 0.6) is 6.01 Å². The number of carboxylic acid groups (broad SMARTS) is 1. The Kier molecular flexibility index (Phi) is 6.97. The number of ether oxygens (including phenoxy) is 1. The minimum Gasteiger partial charge on any atom is -0.545 e. The van der Waals surface area contributed by atoms with Gasteiger partial charge in [0.05, 0.1) is 30.3 Å². The molecule has 8 heteroatoms. The van der Waals surface area contributed by atoms with Gasteiger partial charge in [-0.2, -0.15) is 4.98 Å². The van der Waals surface area contributed by atoms with Crippen LogP contribution in [-0.2, 0) is 6.54 Å². The fourth-order valence-corrected chi connectivity index (χ4v) is 3.95. The van der Waals surface area contributed by atoms with Crippen molar-refractivity contribution in [3.8, 4) is 17.3 Å². The molecule has 2 aromatic carbocycles. The summed E-state index contributed by atoms with van der Waals surface area (Å²) < 4.78 is 7.74. The minimum absolute atomic E-state index is 0. The van der Waals surface area contributed by atoms with E-state index < -0.39 is 5.97 Å². The number of imidazole rings is 1. The predicted octanol–water partition coefficient (Wildman–Crippen LogP) is 0.769. The number of aryl methyl sites for hydroxylation is 1. The predicted molar refractivity (Wildman–Crippen MR) is 124 cm³/mol. The Labute approximate surface area is 218 Å². The summed E-state index contributed by atoms with van der Waals surface area (Å²) in [4.78, 5) is 25.4. The van der Waals surface area contributed by atoms with Crippen molar-refractivity contribution < 1.29 is 44.2 Å². The topological polar surface area (TPSA) is 93.0 Å². The molecule has 0 fully saturated rings. The van der Waals surface area contributed by atoms with E-state index in [1.165, 1.54) is 6.07 Å². The van der Waals surface area contributed by atoms with Crippen molar-refractivity contribution in [1.82, 2.24) is 19.5 Å². The van der Waals surface area contributed by atoms with E-state index in [-0.39, 0.29) is 35.1 Å². The van der Waals surface area contributed by atoms with Crippen LogP contribution in [0, 0.1) is 6.92 Å². The van der Waals surface area contributed by atoms with Crippen LogP contribution >= 0.6 is 0 Å². The fraction of sp³-hybridized carbons (Fsp3) is 0.154. The molecule has 0 bridgehead atoms. The summed E-state index contributed by atoms with van der Waals surface area (Å²) in [6, 6.07) is 20.9. The van der Waals surface area contributed by atoms with Crippen LogP contribution in [0.3, 0.4) is 0 Å². The standard InChI is InChI=1S/C26H22N4O3.Na/c1-3-33-26-29-23-11-8-16(2)27-24(23)30(26)15-17-9-12-21-18(14-17)10-13-22(28-21)19-6-4-5-7-20(19)25(31)32;/h4-14H,3,15H2,1-2H3,(H,31,32);/q;+1/p-1. The molecule has 0 N–H and O–H groups in total. The summed E-state index contributed by atoms with van der Waals surface area (Å²) in [5.41, 5.74) is 5.58. The van der Waals surface area contributed by atoms with E-state index in [1.807, 2.05) is 54.8 Å². The maximum Gasteiger partial charge on any atom is 1.00 e. The first-order valence-electron chi connectivity index (χ1n) is 10.7. The Hall–Kier alpha value is -3.26. The number of carbonyl (C=O) groups excluding carboxylic acids is 1. The number of aromatic carboxylic acids is 1. The second-order valence-corrected chi connectivity index (χ2v) is 7.77. The van der Waals surface area contributed by atoms with E-state index in [1.54, 1.807) is 18.2 Å². The SMILES string of the molecule is CCOc1nc2ccc(C)nc2n1Cc1ccc2nc(-c3ccccc3C(=O)[O-])ccc2c1.[Na+]. The number of pyridine rings is 2. The molecule has 0 saturated heterocycles. The van der Waals surface area contributed by atoms with Gasteiger partial charge in [0.2, 0.25) is 0 Å². The summed E-state index contributed by atoms with van der Waals surface area (Å²) in [5, 5.41) is 12.4. The molecule has 0 aliphatic heterocycles. The number of hydrogen-bond acceptors (Lipinski definition) is 6. The summed E-state index contributed by atoms with van der Waals surface area (Å²) in [6.07, 6.45) is 0. The van der Waals surface area contributed by atoms with Crippen molar-refractivity contribution in [1.29, 1.82) is 0 Å². The number of hydrogen-bond donors (Lipinski definition) is 0. The van der Waals surface area contributed by atoms with Crippen LogP contribution in [0.25, 0.3) is 33.3 Å². The van der Waals surface area contributed by atoms with Gasteiger partial charge < -0.3 is 14.6 Å². The average Bonchev–Trinajstić information content (AvgIpc) is 3.15. The monoisotopic (exact) mass is 460 g/mol. The molecular formula is C26H21N4NaO3. The number of nitrogens with zero attached hydrogens (tertiary/aromatic N) is 4. The van der Waals surface area contributed by atoms with Gasteiger partial charge in [-0.3, -0.25) is 4.57 Å². The Morgan fingerprint density at radius 1 is 0.971 bits per heavy atom. The first kappa shape index (κ1) is 23.9. The van der Waals surface area contributed by atoms with Gasteiger partial charge in [0.1, 0.15) is 5.52 Å². The van der Waals surface area contributed by atoms with Gasteiger partial charge in [-0.25, -0.2) is 9.97 Å². The van der Waals surface area contributed by atoms with Gasteiger partial charge in [-0.15, -0.1) is 0 Å². The minimum atomic E-state index is -1.22. The largest absolute Gasteiger partial charge is 1.00 e. The molecule has 0 spiro atoms. The molecule has 0 amide bonds. The molecule has 5 aromatic rings.